The molecule has 0 bridgehead atoms. The van der Waals surface area contributed by atoms with Gasteiger partial charge in [-0.3, -0.25) is 0 Å². The van der Waals surface area contributed by atoms with Crippen LogP contribution in [0.5, 0.6) is 11.5 Å². The molecule has 1 unspecified atom stereocenters. The number of carbonyl (C=O) groups excluding carboxylic acids is 1. The molecule has 0 aliphatic carbocycles. The number of aldehydes is 1. The Labute approximate surface area is 268 Å². The summed E-state index contributed by atoms with van der Waals surface area (Å²) in [5.74, 6) is -0.349. The lowest BCUT2D eigenvalue weighted by Crippen LogP contribution is -2.62. The average molecular weight is 629 g/mol. The van der Waals surface area contributed by atoms with Gasteiger partial charge in [0, 0.05) is 23.6 Å². The number of hydrogen-bond acceptors (Lipinski definition) is 7. The third-order valence-corrected chi connectivity index (χ3v) is 8.83. The van der Waals surface area contributed by atoms with Crippen molar-refractivity contribution in [3.63, 3.8) is 0 Å². The number of benzene rings is 4. The van der Waals surface area contributed by atoms with Crippen LogP contribution in [0.25, 0.3) is 0 Å². The Morgan fingerprint density at radius 2 is 1.49 bits per heavy atom. The summed E-state index contributed by atoms with van der Waals surface area (Å²) >= 11 is 6.77. The molecule has 234 valence electrons. The lowest BCUT2D eigenvalue weighted by molar-refractivity contribution is -0.361. The Morgan fingerprint density at radius 1 is 0.822 bits per heavy atom. The smallest absolute Gasteiger partial charge is 0.225 e. The van der Waals surface area contributed by atoms with Crippen molar-refractivity contribution < 1.29 is 33.2 Å². The van der Waals surface area contributed by atoms with Gasteiger partial charge in [0.15, 0.2) is 11.5 Å². The van der Waals surface area contributed by atoms with E-state index in [1.165, 1.54) is 0 Å². The summed E-state index contributed by atoms with van der Waals surface area (Å²) < 4.78 is 37.7. The van der Waals surface area contributed by atoms with Crippen molar-refractivity contribution in [2.75, 3.05) is 20.3 Å². The number of rotatable bonds is 11. The second-order valence-electron chi connectivity index (χ2n) is 11.4. The summed E-state index contributed by atoms with van der Waals surface area (Å²) in [6.07, 6.45) is -0.744. The van der Waals surface area contributed by atoms with Gasteiger partial charge in [-0.25, -0.2) is 0 Å². The van der Waals surface area contributed by atoms with Crippen LogP contribution < -0.4 is 9.47 Å². The molecule has 1 saturated heterocycles. The van der Waals surface area contributed by atoms with Crippen LogP contribution >= 0.6 is 11.6 Å². The Hall–Kier alpha value is -3.72. The number of fused-ring (bicyclic) bond motifs is 1. The van der Waals surface area contributed by atoms with E-state index in [0.29, 0.717) is 49.2 Å². The number of ether oxygens (including phenoxy) is 6. The maximum atomic E-state index is 12.5. The van der Waals surface area contributed by atoms with Crippen LogP contribution in [0.4, 0.5) is 0 Å². The molecule has 1 fully saturated rings. The van der Waals surface area contributed by atoms with E-state index in [0.717, 1.165) is 34.3 Å². The van der Waals surface area contributed by atoms with E-state index in [2.05, 4.69) is 0 Å². The molecule has 2 aliphatic heterocycles. The van der Waals surface area contributed by atoms with E-state index in [4.69, 9.17) is 40.0 Å². The van der Waals surface area contributed by atoms with E-state index in [9.17, 15) is 4.79 Å². The molecule has 6 rings (SSSR count). The van der Waals surface area contributed by atoms with E-state index in [1.807, 2.05) is 104 Å². The third-order valence-electron chi connectivity index (χ3n) is 8.46. The maximum Gasteiger partial charge on any atom is 0.225 e. The molecule has 45 heavy (non-hydrogen) atoms. The maximum absolute atomic E-state index is 12.5. The highest BCUT2D eigenvalue weighted by atomic mass is 35.5. The van der Waals surface area contributed by atoms with Crippen LogP contribution in [0.2, 0.25) is 5.02 Å². The molecule has 2 heterocycles. The highest BCUT2D eigenvalue weighted by molar-refractivity contribution is 6.31. The lowest BCUT2D eigenvalue weighted by atomic mass is 9.82. The minimum absolute atomic E-state index is 0.293. The Balaban J connectivity index is 1.37. The first-order chi connectivity index (χ1) is 22.0. The Morgan fingerprint density at radius 3 is 2.16 bits per heavy atom. The molecule has 8 heteroatoms. The van der Waals surface area contributed by atoms with Gasteiger partial charge in [-0.1, -0.05) is 91.3 Å². The molecule has 0 saturated carbocycles. The van der Waals surface area contributed by atoms with Crippen molar-refractivity contribution >= 4 is 17.9 Å². The molecule has 0 aromatic heterocycles. The number of halogens is 1. The first kappa shape index (κ1) is 31.3. The minimum Gasteiger partial charge on any atom is -0.486 e. The summed E-state index contributed by atoms with van der Waals surface area (Å²) in [6.45, 7) is 3.62. The van der Waals surface area contributed by atoms with Gasteiger partial charge >= 0.3 is 0 Å². The molecule has 0 spiro atoms. The van der Waals surface area contributed by atoms with E-state index >= 15 is 0 Å². The zero-order valence-corrected chi connectivity index (χ0v) is 26.2. The van der Waals surface area contributed by atoms with Crippen LogP contribution in [0.3, 0.4) is 0 Å². The summed E-state index contributed by atoms with van der Waals surface area (Å²) in [7, 11) is 1.57. The van der Waals surface area contributed by atoms with E-state index in [1.54, 1.807) is 7.11 Å². The predicted molar refractivity (Wildman–Crippen MR) is 171 cm³/mol. The van der Waals surface area contributed by atoms with Gasteiger partial charge in [-0.05, 0) is 52.9 Å². The zero-order chi connectivity index (χ0) is 31.2. The molecule has 7 nitrogen and oxygen atoms in total. The first-order valence-corrected chi connectivity index (χ1v) is 15.6. The monoisotopic (exact) mass is 628 g/mol. The van der Waals surface area contributed by atoms with Gasteiger partial charge in [0.25, 0.3) is 0 Å². The molecule has 0 radical (unpaired) electrons. The third kappa shape index (κ3) is 6.78. The topological polar surface area (TPSA) is 72.5 Å². The normalized spacial score (nSPS) is 24.2. The highest BCUT2D eigenvalue weighted by Gasteiger charge is 2.56. The molecule has 4 aromatic carbocycles. The van der Waals surface area contributed by atoms with Crippen molar-refractivity contribution in [2.24, 2.45) is 5.92 Å². The highest BCUT2D eigenvalue weighted by Crippen LogP contribution is 2.45. The SMILES string of the molecule is COC1(c2ccc(Cl)c(Cc3ccc4c(c3)OCCO4)c2)O[C@H](C=O)[C@@H](C)[C@H](OCc2ccccc2)[C@H]1OCc1ccccc1. The van der Waals surface area contributed by atoms with Gasteiger partial charge < -0.3 is 33.2 Å². The summed E-state index contributed by atoms with van der Waals surface area (Å²) in [5, 5.41) is 0.592. The van der Waals surface area contributed by atoms with Gasteiger partial charge in [-0.2, -0.15) is 0 Å². The van der Waals surface area contributed by atoms with Crippen LogP contribution in [0.15, 0.2) is 97.1 Å². The first-order valence-electron chi connectivity index (χ1n) is 15.2. The van der Waals surface area contributed by atoms with Crippen molar-refractivity contribution in [1.82, 2.24) is 0 Å². The average Bonchev–Trinajstić information content (AvgIpc) is 3.09. The van der Waals surface area contributed by atoms with Gasteiger partial charge in [-0.15, -0.1) is 0 Å². The second kappa shape index (κ2) is 14.1. The van der Waals surface area contributed by atoms with E-state index < -0.39 is 24.1 Å². The predicted octanol–water partition coefficient (Wildman–Crippen LogP) is 6.91. The largest absolute Gasteiger partial charge is 0.486 e. The molecule has 5 atom stereocenters. The lowest BCUT2D eigenvalue weighted by Gasteiger charge is -2.50. The molecular weight excluding hydrogens is 592 g/mol. The van der Waals surface area contributed by atoms with Crippen molar-refractivity contribution in [3.8, 4) is 11.5 Å². The number of hydrogen-bond donors (Lipinski definition) is 0. The summed E-state index contributed by atoms with van der Waals surface area (Å²) in [5.41, 5.74) is 4.54. The quantitative estimate of drug-likeness (QED) is 0.167. The molecule has 2 aliphatic rings. The zero-order valence-electron chi connectivity index (χ0n) is 25.4. The summed E-state index contributed by atoms with van der Waals surface area (Å²) in [4.78, 5) is 12.5. The molecule has 4 aromatic rings. The van der Waals surface area contributed by atoms with Gasteiger partial charge in [0.1, 0.15) is 31.7 Å². The fourth-order valence-electron chi connectivity index (χ4n) is 6.04. The summed E-state index contributed by atoms with van der Waals surface area (Å²) in [6, 6.07) is 31.4. The molecule has 0 N–H and O–H groups in total. The van der Waals surface area contributed by atoms with Crippen LogP contribution in [0, 0.1) is 5.92 Å². The van der Waals surface area contributed by atoms with Gasteiger partial charge in [0.05, 0.1) is 19.3 Å². The number of carbonyl (C=O) groups is 1. The van der Waals surface area contributed by atoms with Crippen LogP contribution in [-0.2, 0) is 49.2 Å². The van der Waals surface area contributed by atoms with E-state index in [-0.39, 0.29) is 5.92 Å². The van der Waals surface area contributed by atoms with Crippen LogP contribution in [0.1, 0.15) is 34.7 Å². The van der Waals surface area contributed by atoms with Gasteiger partial charge in [0.2, 0.25) is 5.79 Å². The fourth-order valence-corrected chi connectivity index (χ4v) is 6.22. The minimum atomic E-state index is -1.47. The van der Waals surface area contributed by atoms with Crippen molar-refractivity contribution in [1.29, 1.82) is 0 Å². The molecular formula is C37H37ClO7. The standard InChI is InChI=1S/C37H37ClO7/c1-25-34(22-39)45-37(40-2,30-14-15-31(38)29(21-30)19-28-13-16-32-33(20-28)42-18-17-41-32)36(44-24-27-11-7-4-8-12-27)35(25)43-23-26-9-5-3-6-10-26/h3-16,20-22,25,34-36H,17-19,23-24H2,1-2H3/t25-,34-,35+,36-,37?/m1/s1. The number of methoxy groups -OCH3 is 1. The van der Waals surface area contributed by atoms with Crippen molar-refractivity contribution in [2.45, 2.75) is 50.7 Å². The second-order valence-corrected chi connectivity index (χ2v) is 11.8. The fraction of sp³-hybridized carbons (Fsp3) is 0.324. The Kier molecular flexibility index (Phi) is 9.83. The van der Waals surface area contributed by atoms with Crippen LogP contribution in [-0.4, -0.2) is 44.9 Å². The van der Waals surface area contributed by atoms with Crippen molar-refractivity contribution in [3.05, 3.63) is 130 Å². The molecule has 0 amide bonds. The Bertz CT molecular complexity index is 1580.